The number of hydrogen-bond donors (Lipinski definition) is 2. The van der Waals surface area contributed by atoms with Crippen LogP contribution >= 0.6 is 12.2 Å². The van der Waals surface area contributed by atoms with Gasteiger partial charge in [0, 0.05) is 19.4 Å². The second-order valence-electron chi connectivity index (χ2n) is 5.30. The molecule has 1 aromatic carbocycles. The van der Waals surface area contributed by atoms with E-state index in [-0.39, 0.29) is 23.8 Å². The van der Waals surface area contributed by atoms with Crippen molar-refractivity contribution in [2.45, 2.75) is 19.3 Å². The van der Waals surface area contributed by atoms with Crippen molar-refractivity contribution in [3.8, 4) is 0 Å². The molecule has 0 spiro atoms. The van der Waals surface area contributed by atoms with Crippen molar-refractivity contribution in [1.29, 1.82) is 0 Å². The molecule has 0 saturated heterocycles. The first-order valence-electron chi connectivity index (χ1n) is 6.67. The molecule has 1 aliphatic rings. The number of fused-ring (bicyclic) bond motifs is 1. The number of nitrogens with zero attached hydrogens (tertiary/aromatic N) is 1. The predicted molar refractivity (Wildman–Crippen MR) is 83.1 cm³/mol. The molecule has 0 saturated carbocycles. The van der Waals surface area contributed by atoms with Gasteiger partial charge in [0.05, 0.1) is 5.56 Å². The van der Waals surface area contributed by atoms with Crippen molar-refractivity contribution in [1.82, 2.24) is 9.55 Å². The summed E-state index contributed by atoms with van der Waals surface area (Å²) in [7, 11) is 1.73. The van der Waals surface area contributed by atoms with Crippen molar-refractivity contribution >= 4 is 23.9 Å². The highest BCUT2D eigenvalue weighted by Crippen LogP contribution is 2.34. The number of anilines is 1. The topological polar surface area (TPSA) is 66.9 Å². The van der Waals surface area contributed by atoms with Crippen LogP contribution in [0.3, 0.4) is 0 Å². The Labute approximate surface area is 126 Å². The largest absolute Gasteiger partial charge is 0.312 e. The molecule has 2 aromatic rings. The Balaban J connectivity index is 2.28. The van der Waals surface area contributed by atoms with Crippen LogP contribution in [0.15, 0.2) is 29.1 Å². The maximum Gasteiger partial charge on any atom is 0.257 e. The van der Waals surface area contributed by atoms with Crippen molar-refractivity contribution in [3.63, 3.8) is 0 Å². The zero-order valence-electron chi connectivity index (χ0n) is 11.8. The van der Waals surface area contributed by atoms with Gasteiger partial charge < -0.3 is 9.88 Å². The number of aromatic amines is 1. The van der Waals surface area contributed by atoms with Crippen LogP contribution in [-0.4, -0.2) is 15.5 Å². The molecule has 3 rings (SSSR count). The van der Waals surface area contributed by atoms with Gasteiger partial charge in [-0.2, -0.15) is 0 Å². The monoisotopic (exact) mass is 301 g/mol. The van der Waals surface area contributed by atoms with Gasteiger partial charge in [-0.3, -0.25) is 14.6 Å². The van der Waals surface area contributed by atoms with E-state index in [4.69, 9.17) is 12.2 Å². The first-order chi connectivity index (χ1) is 9.97. The van der Waals surface area contributed by atoms with E-state index in [2.05, 4.69) is 10.3 Å². The Kier molecular flexibility index (Phi) is 3.25. The van der Waals surface area contributed by atoms with Crippen LogP contribution in [0.2, 0.25) is 0 Å². The Hall–Kier alpha value is -2.21. The smallest absolute Gasteiger partial charge is 0.257 e. The van der Waals surface area contributed by atoms with Gasteiger partial charge >= 0.3 is 0 Å². The molecule has 1 aromatic heterocycles. The number of H-pyrrole nitrogens is 1. The number of rotatable bonds is 1. The number of carbonyl (C=O) groups is 1. The lowest BCUT2D eigenvalue weighted by Crippen LogP contribution is -2.33. The van der Waals surface area contributed by atoms with Gasteiger partial charge in [0.15, 0.2) is 4.77 Å². The normalized spacial score (nSPS) is 17.2. The quantitative estimate of drug-likeness (QED) is 0.794. The van der Waals surface area contributed by atoms with E-state index in [1.54, 1.807) is 11.6 Å². The molecule has 0 fully saturated rings. The molecule has 2 heterocycles. The second-order valence-corrected chi connectivity index (χ2v) is 5.69. The highest BCUT2D eigenvalue weighted by Gasteiger charge is 2.30. The summed E-state index contributed by atoms with van der Waals surface area (Å²) in [5.41, 5.74) is 2.39. The summed E-state index contributed by atoms with van der Waals surface area (Å²) in [4.78, 5) is 27.0. The summed E-state index contributed by atoms with van der Waals surface area (Å²) in [6.07, 6.45) is 0.260. The first-order valence-corrected chi connectivity index (χ1v) is 7.08. The van der Waals surface area contributed by atoms with Crippen LogP contribution in [0.25, 0.3) is 0 Å². The number of aromatic nitrogens is 2. The molecule has 6 heteroatoms. The van der Waals surface area contributed by atoms with Crippen LogP contribution < -0.4 is 10.9 Å². The van der Waals surface area contributed by atoms with Gasteiger partial charge in [-0.1, -0.05) is 29.8 Å². The van der Waals surface area contributed by atoms with Crippen molar-refractivity contribution in [3.05, 3.63) is 56.1 Å². The van der Waals surface area contributed by atoms with Gasteiger partial charge in [0.2, 0.25) is 5.91 Å². The summed E-state index contributed by atoms with van der Waals surface area (Å²) in [6, 6.07) is 7.88. The molecule has 1 atom stereocenters. The molecule has 5 nitrogen and oxygen atoms in total. The Morgan fingerprint density at radius 1 is 1.33 bits per heavy atom. The van der Waals surface area contributed by atoms with Crippen molar-refractivity contribution in [2.24, 2.45) is 7.05 Å². The van der Waals surface area contributed by atoms with E-state index in [9.17, 15) is 9.59 Å². The molecule has 0 bridgehead atoms. The first kappa shape index (κ1) is 13.8. The number of carbonyl (C=O) groups excluding carboxylic acids is 1. The minimum absolute atomic E-state index is 0.107. The number of nitrogens with one attached hydrogen (secondary N) is 2. The van der Waals surface area contributed by atoms with Crippen LogP contribution in [0, 0.1) is 11.7 Å². The Morgan fingerprint density at radius 2 is 2.10 bits per heavy atom. The van der Waals surface area contributed by atoms with Crippen LogP contribution in [0.4, 0.5) is 5.82 Å². The van der Waals surface area contributed by atoms with Crippen LogP contribution in [-0.2, 0) is 11.8 Å². The number of hydrogen-bond acceptors (Lipinski definition) is 3. The molecule has 2 N–H and O–H groups in total. The third kappa shape index (κ3) is 2.31. The van der Waals surface area contributed by atoms with Gasteiger partial charge in [-0.15, -0.1) is 0 Å². The Bertz CT molecular complexity index is 851. The van der Waals surface area contributed by atoms with E-state index < -0.39 is 0 Å². The lowest BCUT2D eigenvalue weighted by Gasteiger charge is -2.26. The number of benzene rings is 1. The second kappa shape index (κ2) is 4.96. The van der Waals surface area contributed by atoms with E-state index in [1.807, 2.05) is 31.2 Å². The zero-order chi connectivity index (χ0) is 15.1. The lowest BCUT2D eigenvalue weighted by atomic mass is 9.86. The van der Waals surface area contributed by atoms with Crippen LogP contribution in [0.1, 0.15) is 29.0 Å². The van der Waals surface area contributed by atoms with E-state index >= 15 is 0 Å². The molecule has 108 valence electrons. The standard InChI is InChI=1S/C15H15N3O2S/c1-8-4-3-5-9(6-8)10-7-11(19)16-13-12(10)14(20)17-15(21)18(13)2/h3-6,10H,7H2,1-2H3,(H,16,19)(H,17,20,21). The summed E-state index contributed by atoms with van der Waals surface area (Å²) in [6.45, 7) is 1.99. The lowest BCUT2D eigenvalue weighted by molar-refractivity contribution is -0.116. The van der Waals surface area contributed by atoms with E-state index in [0.717, 1.165) is 11.1 Å². The van der Waals surface area contributed by atoms with E-state index in [0.29, 0.717) is 16.2 Å². The maximum atomic E-state index is 12.3. The van der Waals surface area contributed by atoms with Crippen molar-refractivity contribution < 1.29 is 4.79 Å². The number of amides is 1. The number of aryl methyl sites for hydroxylation is 1. The summed E-state index contributed by atoms with van der Waals surface area (Å²) < 4.78 is 1.93. The molecule has 1 amide bonds. The minimum Gasteiger partial charge on any atom is -0.312 e. The van der Waals surface area contributed by atoms with E-state index in [1.165, 1.54) is 0 Å². The van der Waals surface area contributed by atoms with Crippen LogP contribution in [0.5, 0.6) is 0 Å². The van der Waals surface area contributed by atoms with Crippen molar-refractivity contribution in [2.75, 3.05) is 5.32 Å². The third-order valence-corrected chi connectivity index (χ3v) is 4.18. The molecular formula is C15H15N3O2S. The molecular weight excluding hydrogens is 286 g/mol. The average Bonchev–Trinajstić information content (AvgIpc) is 2.44. The molecule has 1 unspecified atom stereocenters. The summed E-state index contributed by atoms with van der Waals surface area (Å²) >= 11 is 5.10. The third-order valence-electron chi connectivity index (χ3n) is 3.80. The highest BCUT2D eigenvalue weighted by atomic mass is 32.1. The van der Waals surface area contributed by atoms with Gasteiger partial charge in [-0.25, -0.2) is 0 Å². The SMILES string of the molecule is Cc1cccc(C2CC(=O)Nc3c2c(=O)[nH]c(=S)n3C)c1. The molecule has 0 radical (unpaired) electrons. The maximum absolute atomic E-state index is 12.3. The Morgan fingerprint density at radius 3 is 2.81 bits per heavy atom. The van der Waals surface area contributed by atoms with Gasteiger partial charge in [0.25, 0.3) is 5.56 Å². The predicted octanol–water partition coefficient (Wildman–Crippen LogP) is 2.23. The van der Waals surface area contributed by atoms with Gasteiger partial charge in [-0.05, 0) is 24.7 Å². The minimum atomic E-state index is -0.251. The fraction of sp³-hybridized carbons (Fsp3) is 0.267. The summed E-state index contributed by atoms with van der Waals surface area (Å²) in [5, 5.41) is 2.76. The molecule has 1 aliphatic heterocycles. The molecule has 21 heavy (non-hydrogen) atoms. The van der Waals surface area contributed by atoms with Gasteiger partial charge in [0.1, 0.15) is 5.82 Å². The zero-order valence-corrected chi connectivity index (χ0v) is 12.6. The highest BCUT2D eigenvalue weighted by molar-refractivity contribution is 7.71. The molecule has 0 aliphatic carbocycles. The fourth-order valence-electron chi connectivity index (χ4n) is 2.75. The average molecular weight is 301 g/mol. The fourth-order valence-corrected chi connectivity index (χ4v) is 2.94. The summed E-state index contributed by atoms with van der Waals surface area (Å²) in [5.74, 6) is 0.135.